The van der Waals surface area contributed by atoms with Gasteiger partial charge in [0.25, 0.3) is 0 Å². The number of rotatable bonds is 4. The van der Waals surface area contributed by atoms with E-state index in [1.54, 1.807) is 17.4 Å². The molecule has 1 atom stereocenters. The van der Waals surface area contributed by atoms with Gasteiger partial charge in [-0.3, -0.25) is 0 Å². The molecule has 0 fully saturated rings. The monoisotopic (exact) mass is 284 g/mol. The lowest BCUT2D eigenvalue weighted by atomic mass is 10.2. The minimum Gasteiger partial charge on any atom is -0.304 e. The number of halogens is 2. The SMILES string of the molecule is Cc1cnc(C(C)NCc2cc(F)cc(Cl)c2)s1. The van der Waals surface area contributed by atoms with Gasteiger partial charge in [0.1, 0.15) is 10.8 Å². The third-order valence-electron chi connectivity index (χ3n) is 2.54. The van der Waals surface area contributed by atoms with Crippen molar-refractivity contribution in [3.05, 3.63) is 50.7 Å². The molecule has 2 nitrogen and oxygen atoms in total. The summed E-state index contributed by atoms with van der Waals surface area (Å²) < 4.78 is 13.2. The fraction of sp³-hybridized carbons (Fsp3) is 0.308. The second kappa shape index (κ2) is 5.78. The number of aryl methyl sites for hydroxylation is 1. The first-order valence-electron chi connectivity index (χ1n) is 5.65. The van der Waals surface area contributed by atoms with Gasteiger partial charge in [-0.1, -0.05) is 11.6 Å². The molecule has 0 aliphatic carbocycles. The summed E-state index contributed by atoms with van der Waals surface area (Å²) in [6, 6.07) is 4.69. The zero-order valence-corrected chi connectivity index (χ0v) is 11.8. The van der Waals surface area contributed by atoms with Gasteiger partial charge in [-0.15, -0.1) is 11.3 Å². The molecule has 1 aromatic heterocycles. The predicted molar refractivity (Wildman–Crippen MR) is 73.5 cm³/mol. The number of hydrogen-bond acceptors (Lipinski definition) is 3. The molecule has 0 aliphatic rings. The van der Waals surface area contributed by atoms with Crippen molar-refractivity contribution in [2.75, 3.05) is 0 Å². The maximum atomic E-state index is 13.2. The molecule has 5 heteroatoms. The molecule has 2 aromatic rings. The van der Waals surface area contributed by atoms with Crippen LogP contribution in [-0.4, -0.2) is 4.98 Å². The highest BCUT2D eigenvalue weighted by Crippen LogP contribution is 2.20. The molecule has 0 radical (unpaired) electrons. The average molecular weight is 285 g/mol. The van der Waals surface area contributed by atoms with E-state index in [2.05, 4.69) is 10.3 Å². The van der Waals surface area contributed by atoms with Gasteiger partial charge in [-0.05, 0) is 37.6 Å². The van der Waals surface area contributed by atoms with Crippen molar-refractivity contribution in [3.63, 3.8) is 0 Å². The van der Waals surface area contributed by atoms with E-state index >= 15 is 0 Å². The number of benzene rings is 1. The lowest BCUT2D eigenvalue weighted by Crippen LogP contribution is -2.17. The molecule has 2 rings (SSSR count). The Kier molecular flexibility index (Phi) is 4.32. The zero-order chi connectivity index (χ0) is 13.1. The van der Waals surface area contributed by atoms with Gasteiger partial charge < -0.3 is 5.32 Å². The van der Waals surface area contributed by atoms with Crippen LogP contribution in [0, 0.1) is 12.7 Å². The third-order valence-corrected chi connectivity index (χ3v) is 3.86. The van der Waals surface area contributed by atoms with E-state index in [1.165, 1.54) is 17.0 Å². The fourth-order valence-electron chi connectivity index (χ4n) is 1.64. The first-order chi connectivity index (χ1) is 8.54. The van der Waals surface area contributed by atoms with Crippen molar-refractivity contribution in [2.24, 2.45) is 0 Å². The van der Waals surface area contributed by atoms with Gasteiger partial charge in [0.2, 0.25) is 0 Å². The first-order valence-corrected chi connectivity index (χ1v) is 6.85. The molecule has 1 aromatic carbocycles. The summed E-state index contributed by atoms with van der Waals surface area (Å²) in [5.74, 6) is -0.308. The van der Waals surface area contributed by atoms with Crippen molar-refractivity contribution in [3.8, 4) is 0 Å². The highest BCUT2D eigenvalue weighted by molar-refractivity contribution is 7.11. The van der Waals surface area contributed by atoms with E-state index in [1.807, 2.05) is 20.0 Å². The second-order valence-corrected chi connectivity index (χ2v) is 5.89. The molecular weight excluding hydrogens is 271 g/mol. The van der Waals surface area contributed by atoms with E-state index in [9.17, 15) is 4.39 Å². The van der Waals surface area contributed by atoms with Crippen LogP contribution in [-0.2, 0) is 6.54 Å². The maximum absolute atomic E-state index is 13.2. The van der Waals surface area contributed by atoms with Gasteiger partial charge in [-0.25, -0.2) is 9.37 Å². The minimum atomic E-state index is -0.308. The molecule has 0 spiro atoms. The molecular formula is C13H14ClFN2S. The normalized spacial score (nSPS) is 12.7. The largest absolute Gasteiger partial charge is 0.304 e. The van der Waals surface area contributed by atoms with Crippen LogP contribution >= 0.6 is 22.9 Å². The predicted octanol–water partition coefficient (Wildman–Crippen LogP) is 4.09. The Morgan fingerprint density at radius 2 is 2.22 bits per heavy atom. The number of nitrogens with one attached hydrogen (secondary N) is 1. The van der Waals surface area contributed by atoms with Crippen molar-refractivity contribution in [2.45, 2.75) is 26.4 Å². The topological polar surface area (TPSA) is 24.9 Å². The lowest BCUT2D eigenvalue weighted by Gasteiger charge is -2.11. The Hall–Kier alpha value is -0.970. The molecule has 1 heterocycles. The van der Waals surface area contributed by atoms with Gasteiger partial charge >= 0.3 is 0 Å². The summed E-state index contributed by atoms with van der Waals surface area (Å²) in [6.45, 7) is 4.64. The van der Waals surface area contributed by atoms with Crippen LogP contribution in [0.5, 0.6) is 0 Å². The molecule has 0 amide bonds. The van der Waals surface area contributed by atoms with E-state index < -0.39 is 0 Å². The molecule has 1 unspecified atom stereocenters. The maximum Gasteiger partial charge on any atom is 0.125 e. The van der Waals surface area contributed by atoms with Crippen LogP contribution in [0.25, 0.3) is 0 Å². The van der Waals surface area contributed by atoms with E-state index in [0.29, 0.717) is 11.6 Å². The number of thiazole rings is 1. The van der Waals surface area contributed by atoms with E-state index in [-0.39, 0.29) is 11.9 Å². The lowest BCUT2D eigenvalue weighted by molar-refractivity contribution is 0.567. The Labute approximate surface area is 115 Å². The summed E-state index contributed by atoms with van der Waals surface area (Å²) in [7, 11) is 0. The Morgan fingerprint density at radius 3 is 2.83 bits per heavy atom. The van der Waals surface area contributed by atoms with Crippen LogP contribution in [0.4, 0.5) is 4.39 Å². The van der Waals surface area contributed by atoms with Crippen LogP contribution in [0.1, 0.15) is 28.4 Å². The molecule has 0 aliphatic heterocycles. The number of nitrogens with zero attached hydrogens (tertiary/aromatic N) is 1. The van der Waals surface area contributed by atoms with Gasteiger partial charge in [0.05, 0.1) is 6.04 Å². The van der Waals surface area contributed by atoms with E-state index in [4.69, 9.17) is 11.6 Å². The fourth-order valence-corrected chi connectivity index (χ4v) is 2.69. The van der Waals surface area contributed by atoms with Crippen molar-refractivity contribution in [1.29, 1.82) is 0 Å². The van der Waals surface area contributed by atoms with Crippen molar-refractivity contribution < 1.29 is 4.39 Å². The Bertz CT molecular complexity index is 521. The summed E-state index contributed by atoms with van der Waals surface area (Å²) >= 11 is 7.47. The third kappa shape index (κ3) is 3.51. The van der Waals surface area contributed by atoms with E-state index in [0.717, 1.165) is 10.6 Å². The number of hydrogen-bond donors (Lipinski definition) is 1. The molecule has 18 heavy (non-hydrogen) atoms. The molecule has 1 N–H and O–H groups in total. The summed E-state index contributed by atoms with van der Waals surface area (Å²) in [6.07, 6.45) is 1.86. The smallest absolute Gasteiger partial charge is 0.125 e. The van der Waals surface area contributed by atoms with Crippen LogP contribution < -0.4 is 5.32 Å². The standard InChI is InChI=1S/C13H14ClFN2S/c1-8-6-17-13(18-8)9(2)16-7-10-3-11(14)5-12(15)4-10/h3-6,9,16H,7H2,1-2H3. The molecule has 0 bridgehead atoms. The molecule has 96 valence electrons. The quantitative estimate of drug-likeness (QED) is 0.914. The van der Waals surface area contributed by atoms with Crippen LogP contribution in [0.3, 0.4) is 0 Å². The molecule has 0 saturated heterocycles. The summed E-state index contributed by atoms with van der Waals surface area (Å²) in [4.78, 5) is 5.51. The van der Waals surface area contributed by atoms with Gasteiger partial charge in [-0.2, -0.15) is 0 Å². The minimum absolute atomic E-state index is 0.144. The van der Waals surface area contributed by atoms with Crippen LogP contribution in [0.15, 0.2) is 24.4 Å². The Balaban J connectivity index is 1.99. The van der Waals surface area contributed by atoms with Crippen molar-refractivity contribution in [1.82, 2.24) is 10.3 Å². The van der Waals surface area contributed by atoms with Crippen LogP contribution in [0.2, 0.25) is 5.02 Å². The second-order valence-electron chi connectivity index (χ2n) is 4.19. The Morgan fingerprint density at radius 1 is 1.44 bits per heavy atom. The molecule has 0 saturated carbocycles. The van der Waals surface area contributed by atoms with Crippen molar-refractivity contribution >= 4 is 22.9 Å². The van der Waals surface area contributed by atoms with Gasteiger partial charge in [0.15, 0.2) is 0 Å². The first kappa shape index (κ1) is 13.5. The summed E-state index contributed by atoms with van der Waals surface area (Å²) in [5.41, 5.74) is 0.833. The highest BCUT2D eigenvalue weighted by atomic mass is 35.5. The summed E-state index contributed by atoms with van der Waals surface area (Å²) in [5, 5.41) is 4.76. The average Bonchev–Trinajstić information content (AvgIpc) is 2.71. The number of aromatic nitrogens is 1. The zero-order valence-electron chi connectivity index (χ0n) is 10.2. The highest BCUT2D eigenvalue weighted by Gasteiger charge is 2.09. The van der Waals surface area contributed by atoms with Gasteiger partial charge in [0, 0.05) is 22.6 Å².